The number of hydrogen-bond donors (Lipinski definition) is 1. The van der Waals surface area contributed by atoms with Crippen molar-refractivity contribution in [2.45, 2.75) is 32.8 Å². The monoisotopic (exact) mass is 233 g/mol. The van der Waals surface area contributed by atoms with Crippen LogP contribution in [0.3, 0.4) is 0 Å². The van der Waals surface area contributed by atoms with E-state index in [1.807, 2.05) is 0 Å². The van der Waals surface area contributed by atoms with E-state index in [1.54, 1.807) is 0 Å². The Hall–Kier alpha value is -0.860. The molecular formula is C15H23NO. The van der Waals surface area contributed by atoms with Crippen LogP contribution in [0.4, 0.5) is 0 Å². The normalized spacial score (nSPS) is 17.2. The molecule has 1 heterocycles. The molecule has 0 saturated carbocycles. The van der Waals surface area contributed by atoms with Crippen LogP contribution in [0.5, 0.6) is 0 Å². The molecule has 0 amide bonds. The Balaban J connectivity index is 1.69. The summed E-state index contributed by atoms with van der Waals surface area (Å²) in [7, 11) is 0. The molecule has 1 aliphatic rings. The van der Waals surface area contributed by atoms with Crippen molar-refractivity contribution >= 4 is 0 Å². The molecule has 0 aliphatic carbocycles. The van der Waals surface area contributed by atoms with Gasteiger partial charge in [-0.15, -0.1) is 0 Å². The lowest BCUT2D eigenvalue weighted by atomic mass is 9.99. The first-order valence-corrected chi connectivity index (χ1v) is 6.74. The van der Waals surface area contributed by atoms with Crippen molar-refractivity contribution in [3.63, 3.8) is 0 Å². The molecule has 0 bridgehead atoms. The summed E-state index contributed by atoms with van der Waals surface area (Å²) in [4.78, 5) is 0. The van der Waals surface area contributed by atoms with Crippen LogP contribution < -0.4 is 5.32 Å². The van der Waals surface area contributed by atoms with Crippen molar-refractivity contribution in [1.82, 2.24) is 5.32 Å². The summed E-state index contributed by atoms with van der Waals surface area (Å²) in [6, 6.07) is 8.76. The molecule has 0 unspecified atom stereocenters. The smallest absolute Gasteiger partial charge is 0.0717 e. The molecular weight excluding hydrogens is 210 g/mol. The zero-order valence-corrected chi connectivity index (χ0v) is 10.7. The predicted molar refractivity (Wildman–Crippen MR) is 71.1 cm³/mol. The first-order chi connectivity index (χ1) is 8.38. The first-order valence-electron chi connectivity index (χ1n) is 6.74. The third-order valence-corrected chi connectivity index (χ3v) is 3.51. The second kappa shape index (κ2) is 6.77. The Morgan fingerprint density at radius 2 is 1.76 bits per heavy atom. The largest absolute Gasteiger partial charge is 0.376 e. The molecule has 0 atom stereocenters. The number of aryl methyl sites for hydroxylation is 1. The molecule has 94 valence electrons. The van der Waals surface area contributed by atoms with Crippen LogP contribution in [0.1, 0.15) is 30.9 Å². The second-order valence-corrected chi connectivity index (χ2v) is 4.88. The Morgan fingerprint density at radius 3 is 2.41 bits per heavy atom. The van der Waals surface area contributed by atoms with Gasteiger partial charge in [0.15, 0.2) is 0 Å². The van der Waals surface area contributed by atoms with E-state index in [0.29, 0.717) is 0 Å². The lowest BCUT2D eigenvalue weighted by molar-refractivity contribution is 0.0763. The van der Waals surface area contributed by atoms with Crippen LogP contribution >= 0.6 is 0 Å². The summed E-state index contributed by atoms with van der Waals surface area (Å²) in [5.74, 6) is 0.756. The van der Waals surface area contributed by atoms with Gasteiger partial charge >= 0.3 is 0 Å². The van der Waals surface area contributed by atoms with Gasteiger partial charge in [-0.1, -0.05) is 31.2 Å². The van der Waals surface area contributed by atoms with E-state index < -0.39 is 0 Å². The SMILES string of the molecule is CCc1ccc(COCC2CCNCC2)cc1. The topological polar surface area (TPSA) is 21.3 Å². The maximum absolute atomic E-state index is 5.80. The number of hydrogen-bond acceptors (Lipinski definition) is 2. The first kappa shape index (κ1) is 12.6. The zero-order valence-electron chi connectivity index (χ0n) is 10.7. The van der Waals surface area contributed by atoms with Crippen molar-refractivity contribution in [1.29, 1.82) is 0 Å². The summed E-state index contributed by atoms with van der Waals surface area (Å²) < 4.78 is 5.80. The maximum Gasteiger partial charge on any atom is 0.0717 e. The Labute approximate surface area is 104 Å². The van der Waals surface area contributed by atoms with Crippen molar-refractivity contribution in [2.24, 2.45) is 5.92 Å². The maximum atomic E-state index is 5.80. The number of rotatable bonds is 5. The Kier molecular flexibility index (Phi) is 5.02. The van der Waals surface area contributed by atoms with Crippen LogP contribution in [0.25, 0.3) is 0 Å². The summed E-state index contributed by atoms with van der Waals surface area (Å²) in [5.41, 5.74) is 2.68. The van der Waals surface area contributed by atoms with Crippen molar-refractivity contribution in [2.75, 3.05) is 19.7 Å². The van der Waals surface area contributed by atoms with E-state index in [0.717, 1.165) is 38.6 Å². The minimum Gasteiger partial charge on any atom is -0.376 e. The number of nitrogens with one attached hydrogen (secondary N) is 1. The van der Waals surface area contributed by atoms with E-state index in [1.165, 1.54) is 24.0 Å². The van der Waals surface area contributed by atoms with Gasteiger partial charge in [-0.05, 0) is 49.4 Å². The lowest BCUT2D eigenvalue weighted by Gasteiger charge is -2.22. The fourth-order valence-electron chi connectivity index (χ4n) is 2.26. The van der Waals surface area contributed by atoms with Gasteiger partial charge in [0.25, 0.3) is 0 Å². The summed E-state index contributed by atoms with van der Waals surface area (Å²) in [5, 5.41) is 3.38. The number of benzene rings is 1. The Bertz CT molecular complexity index is 314. The van der Waals surface area contributed by atoms with Gasteiger partial charge in [-0.25, -0.2) is 0 Å². The molecule has 0 radical (unpaired) electrons. The highest BCUT2D eigenvalue weighted by Crippen LogP contribution is 2.13. The fraction of sp³-hybridized carbons (Fsp3) is 0.600. The van der Waals surface area contributed by atoms with Gasteiger partial charge in [0, 0.05) is 6.61 Å². The quantitative estimate of drug-likeness (QED) is 0.844. The van der Waals surface area contributed by atoms with E-state index in [9.17, 15) is 0 Å². The van der Waals surface area contributed by atoms with Gasteiger partial charge in [-0.2, -0.15) is 0 Å². The molecule has 2 heteroatoms. The van der Waals surface area contributed by atoms with Gasteiger partial charge < -0.3 is 10.1 Å². The molecule has 1 aromatic carbocycles. The van der Waals surface area contributed by atoms with E-state index in [2.05, 4.69) is 36.5 Å². The number of ether oxygens (including phenoxy) is 1. The highest BCUT2D eigenvalue weighted by atomic mass is 16.5. The molecule has 17 heavy (non-hydrogen) atoms. The third-order valence-electron chi connectivity index (χ3n) is 3.51. The third kappa shape index (κ3) is 4.14. The van der Waals surface area contributed by atoms with Gasteiger partial charge in [0.1, 0.15) is 0 Å². The zero-order chi connectivity index (χ0) is 11.9. The summed E-state index contributed by atoms with van der Waals surface area (Å²) >= 11 is 0. The molecule has 1 aliphatic heterocycles. The minimum atomic E-state index is 0.756. The molecule has 0 aromatic heterocycles. The standard InChI is InChI=1S/C15H23NO/c1-2-13-3-5-14(6-4-13)11-17-12-15-7-9-16-10-8-15/h3-6,15-16H,2,7-12H2,1H3. The average Bonchev–Trinajstić information content (AvgIpc) is 2.41. The molecule has 0 spiro atoms. The molecule has 1 fully saturated rings. The van der Waals surface area contributed by atoms with Crippen LogP contribution in [0.15, 0.2) is 24.3 Å². The molecule has 1 saturated heterocycles. The second-order valence-electron chi connectivity index (χ2n) is 4.88. The van der Waals surface area contributed by atoms with Crippen LogP contribution in [0.2, 0.25) is 0 Å². The van der Waals surface area contributed by atoms with E-state index in [-0.39, 0.29) is 0 Å². The average molecular weight is 233 g/mol. The molecule has 1 N–H and O–H groups in total. The summed E-state index contributed by atoms with van der Waals surface area (Å²) in [6.45, 7) is 6.16. The minimum absolute atomic E-state index is 0.756. The number of piperidine rings is 1. The van der Waals surface area contributed by atoms with Gasteiger partial charge in [0.05, 0.1) is 6.61 Å². The van der Waals surface area contributed by atoms with Crippen molar-refractivity contribution < 1.29 is 4.74 Å². The van der Waals surface area contributed by atoms with Gasteiger partial charge in [0.2, 0.25) is 0 Å². The predicted octanol–water partition coefficient (Wildman–Crippen LogP) is 2.77. The van der Waals surface area contributed by atoms with E-state index >= 15 is 0 Å². The van der Waals surface area contributed by atoms with Crippen LogP contribution in [0, 0.1) is 5.92 Å². The van der Waals surface area contributed by atoms with E-state index in [4.69, 9.17) is 4.74 Å². The van der Waals surface area contributed by atoms with Gasteiger partial charge in [-0.3, -0.25) is 0 Å². The lowest BCUT2D eigenvalue weighted by Crippen LogP contribution is -2.29. The summed E-state index contributed by atoms with van der Waals surface area (Å²) in [6.07, 6.45) is 3.62. The fourth-order valence-corrected chi connectivity index (χ4v) is 2.26. The Morgan fingerprint density at radius 1 is 1.12 bits per heavy atom. The molecule has 2 nitrogen and oxygen atoms in total. The molecule has 1 aromatic rings. The molecule has 2 rings (SSSR count). The van der Waals surface area contributed by atoms with Crippen LogP contribution in [-0.4, -0.2) is 19.7 Å². The van der Waals surface area contributed by atoms with Crippen LogP contribution in [-0.2, 0) is 17.8 Å². The van der Waals surface area contributed by atoms with Crippen molar-refractivity contribution in [3.05, 3.63) is 35.4 Å². The van der Waals surface area contributed by atoms with Crippen molar-refractivity contribution in [3.8, 4) is 0 Å². The highest BCUT2D eigenvalue weighted by molar-refractivity contribution is 5.21. The highest BCUT2D eigenvalue weighted by Gasteiger charge is 2.12.